The van der Waals surface area contributed by atoms with Gasteiger partial charge in [-0.3, -0.25) is 0 Å². The van der Waals surface area contributed by atoms with Gasteiger partial charge in [-0.2, -0.15) is 4.98 Å². The van der Waals surface area contributed by atoms with Gasteiger partial charge in [-0.25, -0.2) is 4.98 Å². The maximum absolute atomic E-state index is 5.96. The first-order valence-corrected chi connectivity index (χ1v) is 7.23. The molecule has 0 aliphatic heterocycles. The van der Waals surface area contributed by atoms with Crippen molar-refractivity contribution in [2.45, 2.75) is 0 Å². The van der Waals surface area contributed by atoms with E-state index in [0.717, 1.165) is 24.6 Å². The van der Waals surface area contributed by atoms with Crippen LogP contribution in [-0.2, 0) is 0 Å². The highest BCUT2D eigenvalue weighted by molar-refractivity contribution is 6.35. The summed E-state index contributed by atoms with van der Waals surface area (Å²) in [4.78, 5) is 10.7. The molecular weight excluding hydrogens is 309 g/mol. The molecule has 21 heavy (non-hydrogen) atoms. The Balaban J connectivity index is 2.03. The Morgan fingerprint density at radius 1 is 1.14 bits per heavy atom. The van der Waals surface area contributed by atoms with Crippen molar-refractivity contribution in [2.75, 3.05) is 37.8 Å². The highest BCUT2D eigenvalue weighted by Crippen LogP contribution is 2.24. The maximum atomic E-state index is 5.96. The lowest BCUT2D eigenvalue weighted by molar-refractivity contribution is 0.425. The minimum Gasteiger partial charge on any atom is -0.369 e. The largest absolute Gasteiger partial charge is 0.369 e. The van der Waals surface area contributed by atoms with Crippen LogP contribution in [0.15, 0.2) is 30.5 Å². The molecule has 0 spiro atoms. The van der Waals surface area contributed by atoms with Gasteiger partial charge in [0.25, 0.3) is 0 Å². The van der Waals surface area contributed by atoms with E-state index >= 15 is 0 Å². The van der Waals surface area contributed by atoms with Crippen LogP contribution in [0.4, 0.5) is 17.5 Å². The second-order valence-electron chi connectivity index (χ2n) is 4.78. The maximum Gasteiger partial charge on any atom is 0.229 e. The van der Waals surface area contributed by atoms with Crippen LogP contribution >= 0.6 is 23.2 Å². The average molecular weight is 326 g/mol. The van der Waals surface area contributed by atoms with E-state index in [9.17, 15) is 0 Å². The monoisotopic (exact) mass is 325 g/mol. The molecule has 0 amide bonds. The van der Waals surface area contributed by atoms with Crippen LogP contribution in [0, 0.1) is 0 Å². The Morgan fingerprint density at radius 3 is 2.52 bits per heavy atom. The van der Waals surface area contributed by atoms with Gasteiger partial charge >= 0.3 is 0 Å². The number of aromatic nitrogens is 2. The molecule has 0 saturated carbocycles. The third-order valence-corrected chi connectivity index (χ3v) is 3.08. The van der Waals surface area contributed by atoms with Gasteiger partial charge in [0.15, 0.2) is 0 Å². The van der Waals surface area contributed by atoms with Crippen molar-refractivity contribution >= 4 is 40.7 Å². The van der Waals surface area contributed by atoms with Crippen molar-refractivity contribution < 1.29 is 0 Å². The predicted molar refractivity (Wildman–Crippen MR) is 88.8 cm³/mol. The van der Waals surface area contributed by atoms with E-state index < -0.39 is 0 Å². The zero-order valence-corrected chi connectivity index (χ0v) is 13.4. The van der Waals surface area contributed by atoms with Gasteiger partial charge in [0.05, 0.1) is 0 Å². The molecule has 0 radical (unpaired) electrons. The fourth-order valence-corrected chi connectivity index (χ4v) is 2.21. The Morgan fingerprint density at radius 2 is 1.86 bits per heavy atom. The number of nitrogens with zero attached hydrogens (tertiary/aromatic N) is 3. The molecular formula is C14H17Cl2N5. The van der Waals surface area contributed by atoms with E-state index in [1.165, 1.54) is 0 Å². The summed E-state index contributed by atoms with van der Waals surface area (Å²) in [5.74, 6) is 1.26. The molecule has 112 valence electrons. The van der Waals surface area contributed by atoms with Crippen molar-refractivity contribution in [1.82, 2.24) is 14.9 Å². The third kappa shape index (κ3) is 5.38. The lowest BCUT2D eigenvalue weighted by Gasteiger charge is -2.11. The number of benzene rings is 1. The van der Waals surface area contributed by atoms with Crippen LogP contribution in [0.1, 0.15) is 0 Å². The standard InChI is InChI=1S/C14H17Cl2N5/c1-21(2)6-5-17-13-3-4-18-14(20-13)19-12-8-10(15)7-11(16)9-12/h3-4,7-9H,5-6H2,1-2H3,(H2,17,18,19,20). The molecule has 1 heterocycles. The summed E-state index contributed by atoms with van der Waals surface area (Å²) in [5.41, 5.74) is 0.748. The number of rotatable bonds is 6. The Bertz CT molecular complexity index is 583. The molecule has 1 aromatic carbocycles. The van der Waals surface area contributed by atoms with Crippen molar-refractivity contribution in [3.63, 3.8) is 0 Å². The van der Waals surface area contributed by atoms with E-state index in [2.05, 4.69) is 25.5 Å². The Labute approximate surface area is 134 Å². The van der Waals surface area contributed by atoms with Crippen LogP contribution < -0.4 is 10.6 Å². The number of anilines is 3. The summed E-state index contributed by atoms with van der Waals surface area (Å²) >= 11 is 11.9. The molecule has 0 aliphatic rings. The highest BCUT2D eigenvalue weighted by Gasteiger charge is 2.02. The zero-order valence-electron chi connectivity index (χ0n) is 11.9. The van der Waals surface area contributed by atoms with Gasteiger partial charge in [0.2, 0.25) is 5.95 Å². The summed E-state index contributed by atoms with van der Waals surface area (Å²) in [6, 6.07) is 7.03. The number of likely N-dealkylation sites (N-methyl/N-ethyl adjacent to an activating group) is 1. The van der Waals surface area contributed by atoms with Crippen molar-refractivity contribution in [2.24, 2.45) is 0 Å². The van der Waals surface area contributed by atoms with Crippen molar-refractivity contribution in [3.05, 3.63) is 40.5 Å². The first-order valence-electron chi connectivity index (χ1n) is 6.48. The fourth-order valence-electron chi connectivity index (χ4n) is 1.68. The summed E-state index contributed by atoms with van der Waals surface area (Å²) in [6.45, 7) is 1.74. The molecule has 2 N–H and O–H groups in total. The number of hydrogen-bond donors (Lipinski definition) is 2. The molecule has 0 atom stereocenters. The van der Waals surface area contributed by atoms with Crippen LogP contribution in [0.5, 0.6) is 0 Å². The van der Waals surface area contributed by atoms with E-state index in [0.29, 0.717) is 16.0 Å². The molecule has 2 aromatic rings. The van der Waals surface area contributed by atoms with Crippen molar-refractivity contribution in [1.29, 1.82) is 0 Å². The number of halogens is 2. The SMILES string of the molecule is CN(C)CCNc1ccnc(Nc2cc(Cl)cc(Cl)c2)n1. The minimum absolute atomic E-state index is 0.489. The Kier molecular flexibility index (Phi) is 5.61. The van der Waals surface area contributed by atoms with Gasteiger partial charge in [-0.1, -0.05) is 23.2 Å². The minimum atomic E-state index is 0.489. The van der Waals surface area contributed by atoms with Gasteiger partial charge in [-0.15, -0.1) is 0 Å². The van der Waals surface area contributed by atoms with Crippen LogP contribution in [-0.4, -0.2) is 42.1 Å². The molecule has 5 nitrogen and oxygen atoms in total. The third-order valence-electron chi connectivity index (χ3n) is 2.64. The number of nitrogens with one attached hydrogen (secondary N) is 2. The first-order chi connectivity index (χ1) is 10.0. The smallest absolute Gasteiger partial charge is 0.229 e. The Hall–Kier alpha value is -1.56. The number of hydrogen-bond acceptors (Lipinski definition) is 5. The predicted octanol–water partition coefficient (Wildman–Crippen LogP) is 3.50. The van der Waals surface area contributed by atoms with Gasteiger partial charge in [-0.05, 0) is 38.4 Å². The molecule has 2 rings (SSSR count). The lowest BCUT2D eigenvalue weighted by Crippen LogP contribution is -2.21. The van der Waals surface area contributed by atoms with Gasteiger partial charge in [0, 0.05) is 35.0 Å². The van der Waals surface area contributed by atoms with E-state index in [-0.39, 0.29) is 0 Å². The quantitative estimate of drug-likeness (QED) is 0.851. The molecule has 1 aromatic heterocycles. The van der Waals surface area contributed by atoms with E-state index in [4.69, 9.17) is 23.2 Å². The first kappa shape index (κ1) is 15.8. The molecule has 0 saturated heterocycles. The van der Waals surface area contributed by atoms with Gasteiger partial charge in [0.1, 0.15) is 5.82 Å². The summed E-state index contributed by atoms with van der Waals surface area (Å²) in [7, 11) is 4.05. The fraction of sp³-hybridized carbons (Fsp3) is 0.286. The van der Waals surface area contributed by atoms with E-state index in [1.54, 1.807) is 24.4 Å². The normalized spacial score (nSPS) is 10.7. The van der Waals surface area contributed by atoms with Crippen molar-refractivity contribution in [3.8, 4) is 0 Å². The zero-order chi connectivity index (χ0) is 15.2. The topological polar surface area (TPSA) is 53.1 Å². The van der Waals surface area contributed by atoms with Gasteiger partial charge < -0.3 is 15.5 Å². The van der Waals surface area contributed by atoms with Crippen LogP contribution in [0.3, 0.4) is 0 Å². The highest BCUT2D eigenvalue weighted by atomic mass is 35.5. The molecule has 0 unspecified atom stereocenters. The van der Waals surface area contributed by atoms with E-state index in [1.807, 2.05) is 20.2 Å². The summed E-state index contributed by atoms with van der Waals surface area (Å²) in [5, 5.41) is 7.44. The molecule has 0 bridgehead atoms. The molecule has 7 heteroatoms. The summed E-state index contributed by atoms with van der Waals surface area (Å²) < 4.78 is 0. The van der Waals surface area contributed by atoms with Crippen LogP contribution in [0.2, 0.25) is 10.0 Å². The molecule has 0 aliphatic carbocycles. The van der Waals surface area contributed by atoms with Crippen LogP contribution in [0.25, 0.3) is 0 Å². The second-order valence-corrected chi connectivity index (χ2v) is 5.65. The lowest BCUT2D eigenvalue weighted by atomic mass is 10.3. The average Bonchev–Trinajstić information content (AvgIpc) is 2.37. The second kappa shape index (κ2) is 7.45. The summed E-state index contributed by atoms with van der Waals surface area (Å²) in [6.07, 6.45) is 1.69. The molecule has 0 fully saturated rings.